The zero-order chi connectivity index (χ0) is 25.4. The Morgan fingerprint density at radius 2 is 1.89 bits per heavy atom. The van der Waals surface area contributed by atoms with Gasteiger partial charge in [0.25, 0.3) is 5.91 Å². The summed E-state index contributed by atoms with van der Waals surface area (Å²) in [6.07, 6.45) is -0.873. The lowest BCUT2D eigenvalue weighted by atomic mass is 10.1. The summed E-state index contributed by atoms with van der Waals surface area (Å²) in [4.78, 5) is 19.3. The number of pyridine rings is 1. The van der Waals surface area contributed by atoms with Crippen LogP contribution < -0.4 is 26.0 Å². The van der Waals surface area contributed by atoms with E-state index in [1.165, 1.54) is 6.07 Å². The number of ether oxygens (including phenoxy) is 1. The van der Waals surface area contributed by atoms with Crippen molar-refractivity contribution < 1.29 is 13.9 Å². The predicted octanol–water partition coefficient (Wildman–Crippen LogP) is 3.71. The van der Waals surface area contributed by atoms with Gasteiger partial charge in [-0.3, -0.25) is 4.79 Å². The lowest BCUT2D eigenvalue weighted by Gasteiger charge is -2.21. The van der Waals surface area contributed by atoms with Gasteiger partial charge in [0.15, 0.2) is 6.10 Å². The van der Waals surface area contributed by atoms with Crippen molar-refractivity contribution in [2.45, 2.75) is 25.6 Å². The molecule has 35 heavy (non-hydrogen) atoms. The average Bonchev–Trinajstić information content (AvgIpc) is 2.86. The van der Waals surface area contributed by atoms with Crippen LogP contribution in [0.25, 0.3) is 11.3 Å². The van der Waals surface area contributed by atoms with Crippen LogP contribution >= 0.6 is 12.6 Å². The molecule has 2 aromatic carbocycles. The molecule has 0 spiro atoms. The SMILES string of the molecule is C[C@@H](Oc1nc(-c2ccccc2)ccc1NCC(N)CS)C(=O)NCc1c(F)cccc1N(C)C. The first kappa shape index (κ1) is 26.3. The van der Waals surface area contributed by atoms with Gasteiger partial charge in [0.1, 0.15) is 5.82 Å². The molecular weight excluding hydrogens is 465 g/mol. The molecule has 1 aromatic heterocycles. The minimum absolute atomic E-state index is 0.0338. The van der Waals surface area contributed by atoms with Crippen molar-refractivity contribution >= 4 is 29.9 Å². The van der Waals surface area contributed by atoms with Crippen LogP contribution in [0.5, 0.6) is 5.88 Å². The largest absolute Gasteiger partial charge is 0.463 e. The van der Waals surface area contributed by atoms with E-state index < -0.39 is 6.10 Å². The third kappa shape index (κ3) is 7.10. The number of rotatable bonds is 11. The first-order chi connectivity index (χ1) is 16.8. The molecule has 4 N–H and O–H groups in total. The molecule has 0 aliphatic carbocycles. The highest BCUT2D eigenvalue weighted by atomic mass is 32.1. The second-order valence-corrected chi connectivity index (χ2v) is 8.71. The molecule has 2 atom stereocenters. The van der Waals surface area contributed by atoms with E-state index in [2.05, 4.69) is 28.2 Å². The summed E-state index contributed by atoms with van der Waals surface area (Å²) in [7, 11) is 3.65. The van der Waals surface area contributed by atoms with Gasteiger partial charge in [0.05, 0.1) is 11.4 Å². The van der Waals surface area contributed by atoms with Gasteiger partial charge >= 0.3 is 0 Å². The van der Waals surface area contributed by atoms with Crippen molar-refractivity contribution in [1.82, 2.24) is 10.3 Å². The smallest absolute Gasteiger partial charge is 0.261 e. The quantitative estimate of drug-likeness (QED) is 0.302. The first-order valence-corrected chi connectivity index (χ1v) is 12.0. The van der Waals surface area contributed by atoms with Gasteiger partial charge in [0.2, 0.25) is 5.88 Å². The van der Waals surface area contributed by atoms with Crippen molar-refractivity contribution in [1.29, 1.82) is 0 Å². The Bertz CT molecular complexity index is 1130. The molecule has 186 valence electrons. The Balaban J connectivity index is 1.77. The number of nitrogens with zero attached hydrogens (tertiary/aromatic N) is 2. The van der Waals surface area contributed by atoms with Gasteiger partial charge in [-0.15, -0.1) is 0 Å². The minimum Gasteiger partial charge on any atom is -0.463 e. The maximum atomic E-state index is 14.4. The average molecular weight is 498 g/mol. The molecule has 0 aliphatic heterocycles. The van der Waals surface area contributed by atoms with Crippen molar-refractivity contribution in [3.05, 3.63) is 72.0 Å². The Hall–Kier alpha value is -3.30. The highest BCUT2D eigenvalue weighted by molar-refractivity contribution is 7.80. The van der Waals surface area contributed by atoms with Crippen molar-refractivity contribution in [3.8, 4) is 17.1 Å². The number of aromatic nitrogens is 1. The molecule has 0 saturated carbocycles. The van der Waals surface area contributed by atoms with E-state index >= 15 is 0 Å². The summed E-state index contributed by atoms with van der Waals surface area (Å²) >= 11 is 4.22. The number of thiol groups is 1. The van der Waals surface area contributed by atoms with E-state index in [0.29, 0.717) is 34.9 Å². The molecule has 3 aromatic rings. The number of halogens is 1. The van der Waals surface area contributed by atoms with Gasteiger partial charge in [-0.25, -0.2) is 9.37 Å². The molecule has 1 heterocycles. The second-order valence-electron chi connectivity index (χ2n) is 8.35. The standard InChI is InChI=1S/C26H32FN5O2S/c1-17(25(33)30-15-20-21(27)10-7-11-24(20)32(2)3)34-26-23(29-14-19(28)16-35)13-12-22(31-26)18-8-5-4-6-9-18/h4-13,17,19,29,35H,14-16,28H2,1-3H3,(H,30,33)/t17-,19?/m1/s1. The summed E-state index contributed by atoms with van der Waals surface area (Å²) in [5.41, 5.74) is 9.33. The van der Waals surface area contributed by atoms with Crippen LogP contribution in [0.15, 0.2) is 60.7 Å². The summed E-state index contributed by atoms with van der Waals surface area (Å²) in [5.74, 6) is 0.0279. The number of anilines is 2. The Labute approximate surface area is 211 Å². The number of hydrogen-bond donors (Lipinski definition) is 4. The summed E-state index contributed by atoms with van der Waals surface area (Å²) in [6.45, 7) is 2.13. The molecule has 3 rings (SSSR count). The minimum atomic E-state index is -0.873. The molecule has 1 amide bonds. The first-order valence-electron chi connectivity index (χ1n) is 11.4. The van der Waals surface area contributed by atoms with Gasteiger partial charge in [-0.05, 0) is 31.2 Å². The van der Waals surface area contributed by atoms with Crippen molar-refractivity contribution in [2.75, 3.05) is 36.6 Å². The van der Waals surface area contributed by atoms with Crippen LogP contribution in [0.1, 0.15) is 12.5 Å². The Kier molecular flexibility index (Phi) is 9.33. The van der Waals surface area contributed by atoms with Crippen LogP contribution in [0, 0.1) is 5.82 Å². The predicted molar refractivity (Wildman–Crippen MR) is 143 cm³/mol. The molecule has 0 fully saturated rings. The summed E-state index contributed by atoms with van der Waals surface area (Å²) in [5, 5.41) is 6.00. The zero-order valence-electron chi connectivity index (χ0n) is 20.2. The van der Waals surface area contributed by atoms with Crippen LogP contribution in [0.2, 0.25) is 0 Å². The molecule has 0 aliphatic rings. The third-order valence-electron chi connectivity index (χ3n) is 5.39. The van der Waals surface area contributed by atoms with E-state index in [0.717, 1.165) is 5.56 Å². The monoisotopic (exact) mass is 497 g/mol. The highest BCUT2D eigenvalue weighted by Gasteiger charge is 2.20. The molecule has 0 radical (unpaired) electrons. The molecule has 1 unspecified atom stereocenters. The Morgan fingerprint density at radius 1 is 1.14 bits per heavy atom. The van der Waals surface area contributed by atoms with E-state index in [1.54, 1.807) is 24.0 Å². The fourth-order valence-corrected chi connectivity index (χ4v) is 3.55. The van der Waals surface area contributed by atoms with Gasteiger partial charge in [-0.2, -0.15) is 12.6 Å². The number of carbonyl (C=O) groups is 1. The molecule has 7 nitrogen and oxygen atoms in total. The van der Waals surface area contributed by atoms with Crippen molar-refractivity contribution in [3.63, 3.8) is 0 Å². The van der Waals surface area contributed by atoms with Crippen LogP contribution in [0.3, 0.4) is 0 Å². The number of amides is 1. The van der Waals surface area contributed by atoms with Crippen molar-refractivity contribution in [2.24, 2.45) is 5.73 Å². The summed E-state index contributed by atoms with van der Waals surface area (Å²) < 4.78 is 20.4. The number of carbonyl (C=O) groups excluding carboxylic acids is 1. The van der Waals surface area contributed by atoms with Gasteiger partial charge in [0, 0.05) is 55.8 Å². The normalized spacial score (nSPS) is 12.5. The zero-order valence-corrected chi connectivity index (χ0v) is 21.1. The summed E-state index contributed by atoms with van der Waals surface area (Å²) in [6, 6.07) is 18.1. The molecule has 9 heteroatoms. The van der Waals surface area contributed by atoms with E-state index in [4.69, 9.17) is 10.5 Å². The lowest BCUT2D eigenvalue weighted by molar-refractivity contribution is -0.127. The highest BCUT2D eigenvalue weighted by Crippen LogP contribution is 2.28. The van der Waals surface area contributed by atoms with Crippen LogP contribution in [0.4, 0.5) is 15.8 Å². The topological polar surface area (TPSA) is 92.5 Å². The molecular formula is C26H32FN5O2S. The number of nitrogens with one attached hydrogen (secondary N) is 2. The maximum absolute atomic E-state index is 14.4. The number of hydrogen-bond acceptors (Lipinski definition) is 7. The number of benzene rings is 2. The molecule has 0 saturated heterocycles. The van der Waals surface area contributed by atoms with E-state index in [-0.39, 0.29) is 30.2 Å². The van der Waals surface area contributed by atoms with Crippen LogP contribution in [-0.4, -0.2) is 49.4 Å². The Morgan fingerprint density at radius 3 is 2.57 bits per heavy atom. The van der Waals surface area contributed by atoms with E-state index in [9.17, 15) is 9.18 Å². The fraction of sp³-hybridized carbons (Fsp3) is 0.308. The fourth-order valence-electron chi connectivity index (χ4n) is 3.42. The maximum Gasteiger partial charge on any atom is 0.261 e. The van der Waals surface area contributed by atoms with Crippen LogP contribution in [-0.2, 0) is 11.3 Å². The molecule has 0 bridgehead atoms. The third-order valence-corrected chi connectivity index (χ3v) is 5.86. The van der Waals surface area contributed by atoms with E-state index in [1.807, 2.05) is 56.6 Å². The number of nitrogens with two attached hydrogens (primary N) is 1. The van der Waals surface area contributed by atoms with Gasteiger partial charge < -0.3 is 26.0 Å². The van der Waals surface area contributed by atoms with Gasteiger partial charge in [-0.1, -0.05) is 36.4 Å². The second kappa shape index (κ2) is 12.4. The lowest BCUT2D eigenvalue weighted by Crippen LogP contribution is -2.37.